The zero-order valence-electron chi connectivity index (χ0n) is 13.5. The van der Waals surface area contributed by atoms with Gasteiger partial charge in [-0.05, 0) is 57.5 Å². The lowest BCUT2D eigenvalue weighted by atomic mass is 9.88. The molecule has 0 aromatic heterocycles. The van der Waals surface area contributed by atoms with Gasteiger partial charge in [-0.3, -0.25) is 4.79 Å². The van der Waals surface area contributed by atoms with Gasteiger partial charge in [0.1, 0.15) is 5.60 Å². The average molecular weight is 281 g/mol. The Hall–Kier alpha value is -0.570. The Morgan fingerprint density at radius 2 is 1.65 bits per heavy atom. The number of esters is 1. The van der Waals surface area contributed by atoms with Crippen LogP contribution in [0.3, 0.4) is 0 Å². The van der Waals surface area contributed by atoms with E-state index in [9.17, 15) is 4.79 Å². The molecule has 0 bridgehead atoms. The summed E-state index contributed by atoms with van der Waals surface area (Å²) in [5.41, 5.74) is -0.173. The van der Waals surface area contributed by atoms with Crippen LogP contribution in [0.25, 0.3) is 0 Å². The van der Waals surface area contributed by atoms with E-state index < -0.39 is 0 Å². The predicted molar refractivity (Wildman–Crippen MR) is 81.6 cm³/mol. The Balaban J connectivity index is 1.86. The monoisotopic (exact) mass is 281 g/mol. The van der Waals surface area contributed by atoms with E-state index in [0.717, 1.165) is 32.5 Å². The fourth-order valence-electron chi connectivity index (χ4n) is 3.68. The second kappa shape index (κ2) is 6.93. The van der Waals surface area contributed by atoms with Crippen LogP contribution in [0, 0.1) is 11.8 Å². The Morgan fingerprint density at radius 3 is 2.20 bits per heavy atom. The lowest BCUT2D eigenvalue weighted by Crippen LogP contribution is -2.42. The second-order valence-electron chi connectivity index (χ2n) is 7.11. The van der Waals surface area contributed by atoms with E-state index >= 15 is 0 Å². The molecule has 1 aliphatic carbocycles. The van der Waals surface area contributed by atoms with E-state index in [0.29, 0.717) is 5.92 Å². The highest BCUT2D eigenvalue weighted by Gasteiger charge is 2.41. The van der Waals surface area contributed by atoms with Crippen molar-refractivity contribution in [3.8, 4) is 0 Å². The molecule has 3 heteroatoms. The topological polar surface area (TPSA) is 29.5 Å². The molecule has 3 nitrogen and oxygen atoms in total. The van der Waals surface area contributed by atoms with E-state index in [4.69, 9.17) is 4.74 Å². The first-order chi connectivity index (χ1) is 9.53. The van der Waals surface area contributed by atoms with Crippen LogP contribution >= 0.6 is 0 Å². The van der Waals surface area contributed by atoms with Crippen LogP contribution in [0.1, 0.15) is 65.7 Å². The summed E-state index contributed by atoms with van der Waals surface area (Å²) in [6, 6.07) is 0. The Bertz CT molecular complexity index is 315. The van der Waals surface area contributed by atoms with Gasteiger partial charge in [0.25, 0.3) is 0 Å². The van der Waals surface area contributed by atoms with Crippen molar-refractivity contribution >= 4 is 5.97 Å². The van der Waals surface area contributed by atoms with E-state index in [1.165, 1.54) is 32.1 Å². The Kier molecular flexibility index (Phi) is 5.48. The third-order valence-corrected chi connectivity index (χ3v) is 5.19. The minimum atomic E-state index is -0.173. The van der Waals surface area contributed by atoms with E-state index in [1.807, 2.05) is 6.92 Å². The smallest absolute Gasteiger partial charge is 0.310 e. The van der Waals surface area contributed by atoms with Gasteiger partial charge in [-0.2, -0.15) is 0 Å². The van der Waals surface area contributed by atoms with Crippen LogP contribution in [0.2, 0.25) is 0 Å². The Morgan fingerprint density at radius 1 is 1.05 bits per heavy atom. The summed E-state index contributed by atoms with van der Waals surface area (Å²) < 4.78 is 6.00. The van der Waals surface area contributed by atoms with Gasteiger partial charge in [0, 0.05) is 6.54 Å². The normalized spacial score (nSPS) is 24.8. The Labute approximate surface area is 124 Å². The van der Waals surface area contributed by atoms with Crippen LogP contribution in [0.4, 0.5) is 0 Å². The molecule has 0 amide bonds. The first kappa shape index (κ1) is 15.8. The summed E-state index contributed by atoms with van der Waals surface area (Å²) >= 11 is 0. The van der Waals surface area contributed by atoms with Crippen molar-refractivity contribution < 1.29 is 9.53 Å². The number of hydrogen-bond donors (Lipinski definition) is 0. The molecule has 1 saturated carbocycles. The zero-order chi connectivity index (χ0) is 14.6. The average Bonchev–Trinajstić information content (AvgIpc) is 2.89. The maximum absolute atomic E-state index is 12.4. The molecule has 20 heavy (non-hydrogen) atoms. The SMILES string of the molecule is CC(CN1CCCCC1)C(=O)OC1(C(C)C)CCCC1. The number of carbonyl (C=O) groups excluding carboxylic acids is 1. The standard InChI is InChI=1S/C17H31NO2/c1-14(2)17(9-5-6-10-17)20-16(19)15(3)13-18-11-7-4-8-12-18/h14-15H,4-13H2,1-3H3. The second-order valence-corrected chi connectivity index (χ2v) is 7.11. The largest absolute Gasteiger partial charge is 0.459 e. The maximum Gasteiger partial charge on any atom is 0.310 e. The molecule has 1 atom stereocenters. The molecule has 2 rings (SSSR count). The number of ether oxygens (including phenoxy) is 1. The van der Waals surface area contributed by atoms with Crippen LogP contribution in [0.5, 0.6) is 0 Å². The van der Waals surface area contributed by atoms with Gasteiger partial charge in [0.15, 0.2) is 0 Å². The van der Waals surface area contributed by atoms with Gasteiger partial charge in [-0.15, -0.1) is 0 Å². The molecule has 1 unspecified atom stereocenters. The summed E-state index contributed by atoms with van der Waals surface area (Å²) in [6.45, 7) is 9.56. The number of piperidine rings is 1. The molecule has 0 N–H and O–H groups in total. The summed E-state index contributed by atoms with van der Waals surface area (Å²) in [4.78, 5) is 14.9. The van der Waals surface area contributed by atoms with Crippen molar-refractivity contribution in [1.29, 1.82) is 0 Å². The molecule has 2 aliphatic rings. The van der Waals surface area contributed by atoms with Crippen molar-refractivity contribution in [2.75, 3.05) is 19.6 Å². The number of rotatable bonds is 5. The zero-order valence-corrected chi connectivity index (χ0v) is 13.5. The molecule has 0 radical (unpaired) electrons. The van der Waals surface area contributed by atoms with Gasteiger partial charge in [0.05, 0.1) is 5.92 Å². The van der Waals surface area contributed by atoms with Crippen LogP contribution in [0.15, 0.2) is 0 Å². The molecule has 116 valence electrons. The number of nitrogens with zero attached hydrogens (tertiary/aromatic N) is 1. The summed E-state index contributed by atoms with van der Waals surface area (Å²) in [7, 11) is 0. The highest BCUT2D eigenvalue weighted by molar-refractivity contribution is 5.72. The fraction of sp³-hybridized carbons (Fsp3) is 0.941. The van der Waals surface area contributed by atoms with Crippen LogP contribution in [-0.4, -0.2) is 36.1 Å². The third kappa shape index (κ3) is 3.75. The number of hydrogen-bond acceptors (Lipinski definition) is 3. The van der Waals surface area contributed by atoms with Gasteiger partial charge < -0.3 is 9.64 Å². The van der Waals surface area contributed by atoms with Crippen LogP contribution < -0.4 is 0 Å². The lowest BCUT2D eigenvalue weighted by Gasteiger charge is -2.35. The van der Waals surface area contributed by atoms with Gasteiger partial charge in [0.2, 0.25) is 0 Å². The van der Waals surface area contributed by atoms with Crippen molar-refractivity contribution in [3.05, 3.63) is 0 Å². The molecule has 1 heterocycles. The van der Waals surface area contributed by atoms with Gasteiger partial charge in [-0.25, -0.2) is 0 Å². The number of carbonyl (C=O) groups is 1. The van der Waals surface area contributed by atoms with E-state index in [2.05, 4.69) is 18.7 Å². The highest BCUT2D eigenvalue weighted by Crippen LogP contribution is 2.39. The van der Waals surface area contributed by atoms with Crippen molar-refractivity contribution in [3.63, 3.8) is 0 Å². The molecule has 1 saturated heterocycles. The summed E-state index contributed by atoms with van der Waals surface area (Å²) in [5.74, 6) is 0.451. The molecule has 2 fully saturated rings. The molecular formula is C17H31NO2. The van der Waals surface area contributed by atoms with Crippen molar-refractivity contribution in [1.82, 2.24) is 4.90 Å². The molecular weight excluding hydrogens is 250 g/mol. The highest BCUT2D eigenvalue weighted by atomic mass is 16.6. The molecule has 0 spiro atoms. The van der Waals surface area contributed by atoms with E-state index in [-0.39, 0.29) is 17.5 Å². The van der Waals surface area contributed by atoms with Gasteiger partial charge >= 0.3 is 5.97 Å². The van der Waals surface area contributed by atoms with Gasteiger partial charge in [-0.1, -0.05) is 27.2 Å². The first-order valence-electron chi connectivity index (χ1n) is 8.49. The molecule has 0 aromatic carbocycles. The fourth-order valence-corrected chi connectivity index (χ4v) is 3.68. The first-order valence-corrected chi connectivity index (χ1v) is 8.49. The minimum Gasteiger partial charge on any atom is -0.459 e. The number of likely N-dealkylation sites (tertiary alicyclic amines) is 1. The third-order valence-electron chi connectivity index (χ3n) is 5.19. The van der Waals surface area contributed by atoms with Crippen molar-refractivity contribution in [2.45, 2.75) is 71.3 Å². The molecule has 0 aromatic rings. The quantitative estimate of drug-likeness (QED) is 0.721. The summed E-state index contributed by atoms with van der Waals surface area (Å²) in [6.07, 6.45) is 8.39. The summed E-state index contributed by atoms with van der Waals surface area (Å²) in [5, 5.41) is 0. The lowest BCUT2D eigenvalue weighted by molar-refractivity contribution is -0.169. The predicted octanol–water partition coefficient (Wildman–Crippen LogP) is 3.62. The van der Waals surface area contributed by atoms with Crippen LogP contribution in [-0.2, 0) is 9.53 Å². The van der Waals surface area contributed by atoms with Crippen molar-refractivity contribution in [2.24, 2.45) is 11.8 Å². The maximum atomic E-state index is 12.4. The van der Waals surface area contributed by atoms with E-state index in [1.54, 1.807) is 0 Å². The minimum absolute atomic E-state index is 0.00400. The molecule has 1 aliphatic heterocycles.